The monoisotopic (exact) mass is 291 g/mol. The van der Waals surface area contributed by atoms with Crippen molar-refractivity contribution in [3.8, 4) is 5.75 Å². The third kappa shape index (κ3) is 5.19. The van der Waals surface area contributed by atoms with Crippen LogP contribution in [-0.2, 0) is 6.54 Å². The maximum absolute atomic E-state index is 10.5. The summed E-state index contributed by atoms with van der Waals surface area (Å²) in [5.41, 5.74) is 0.0635. The molecule has 2 rings (SSSR count). The van der Waals surface area contributed by atoms with Crippen LogP contribution in [0.2, 0.25) is 0 Å². The zero-order chi connectivity index (χ0) is 14.9. The van der Waals surface area contributed by atoms with Crippen LogP contribution in [0.25, 0.3) is 0 Å². The normalized spacial score (nSPS) is 10.5. The lowest BCUT2D eigenvalue weighted by molar-refractivity contribution is -0.384. The highest BCUT2D eigenvalue weighted by molar-refractivity contribution is 5.35. The van der Waals surface area contributed by atoms with E-state index in [9.17, 15) is 10.1 Å². The summed E-state index contributed by atoms with van der Waals surface area (Å²) in [6.45, 7) is 2.93. The van der Waals surface area contributed by atoms with E-state index < -0.39 is 4.92 Å². The van der Waals surface area contributed by atoms with E-state index in [0.29, 0.717) is 18.9 Å². The molecule has 0 saturated carbocycles. The number of nitrogens with zero attached hydrogens (tertiary/aromatic N) is 4. The van der Waals surface area contributed by atoms with Crippen LogP contribution in [0.3, 0.4) is 0 Å². The van der Waals surface area contributed by atoms with Gasteiger partial charge in [0.05, 0.1) is 11.1 Å². The SMILES string of the molecule is O=[N+]([O-])c1ccc(OCCNCCCn2ccnn2)cc1. The molecule has 21 heavy (non-hydrogen) atoms. The predicted molar refractivity (Wildman–Crippen MR) is 76.1 cm³/mol. The molecule has 0 radical (unpaired) electrons. The van der Waals surface area contributed by atoms with Crippen molar-refractivity contribution >= 4 is 5.69 Å². The van der Waals surface area contributed by atoms with Gasteiger partial charge in [0.25, 0.3) is 5.69 Å². The van der Waals surface area contributed by atoms with Crippen molar-refractivity contribution in [1.29, 1.82) is 0 Å². The topological polar surface area (TPSA) is 95.1 Å². The van der Waals surface area contributed by atoms with Gasteiger partial charge in [0.2, 0.25) is 0 Å². The Morgan fingerprint density at radius 3 is 2.76 bits per heavy atom. The van der Waals surface area contributed by atoms with Crippen LogP contribution < -0.4 is 10.1 Å². The van der Waals surface area contributed by atoms with Crippen molar-refractivity contribution in [3.05, 3.63) is 46.8 Å². The molecule has 0 aliphatic heterocycles. The Labute approximate surface area is 121 Å². The molecule has 0 saturated heterocycles. The summed E-state index contributed by atoms with van der Waals surface area (Å²) in [7, 11) is 0. The third-order valence-electron chi connectivity index (χ3n) is 2.81. The Kier molecular flexibility index (Phi) is 5.65. The Morgan fingerprint density at radius 2 is 2.10 bits per heavy atom. The van der Waals surface area contributed by atoms with E-state index in [0.717, 1.165) is 19.5 Å². The second-order valence-electron chi connectivity index (χ2n) is 4.37. The van der Waals surface area contributed by atoms with E-state index in [1.807, 2.05) is 6.20 Å². The van der Waals surface area contributed by atoms with Gasteiger partial charge in [-0.2, -0.15) is 0 Å². The van der Waals surface area contributed by atoms with E-state index in [4.69, 9.17) is 4.74 Å². The van der Waals surface area contributed by atoms with Gasteiger partial charge in [0.15, 0.2) is 0 Å². The van der Waals surface area contributed by atoms with Crippen LogP contribution >= 0.6 is 0 Å². The zero-order valence-corrected chi connectivity index (χ0v) is 11.5. The summed E-state index contributed by atoms with van der Waals surface area (Å²) < 4.78 is 7.27. The maximum atomic E-state index is 10.5. The van der Waals surface area contributed by atoms with Gasteiger partial charge in [-0.25, -0.2) is 0 Å². The van der Waals surface area contributed by atoms with Crippen molar-refractivity contribution in [1.82, 2.24) is 20.3 Å². The van der Waals surface area contributed by atoms with E-state index in [1.165, 1.54) is 12.1 Å². The average molecular weight is 291 g/mol. The Balaban J connectivity index is 1.54. The molecule has 2 aromatic rings. The Morgan fingerprint density at radius 1 is 1.29 bits per heavy atom. The van der Waals surface area contributed by atoms with Crippen molar-refractivity contribution in [2.75, 3.05) is 19.7 Å². The standard InChI is InChI=1S/C13H17N5O3/c19-18(20)12-2-4-13(5-3-12)21-11-8-14-6-1-9-17-10-7-15-16-17/h2-5,7,10,14H,1,6,8-9,11H2. The third-order valence-corrected chi connectivity index (χ3v) is 2.81. The van der Waals surface area contributed by atoms with Crippen LogP contribution in [0, 0.1) is 10.1 Å². The first-order chi connectivity index (χ1) is 10.3. The molecule has 1 heterocycles. The van der Waals surface area contributed by atoms with Gasteiger partial charge in [-0.15, -0.1) is 5.10 Å². The van der Waals surface area contributed by atoms with Crippen molar-refractivity contribution in [2.45, 2.75) is 13.0 Å². The molecule has 0 bridgehead atoms. The lowest BCUT2D eigenvalue weighted by Crippen LogP contribution is -2.23. The van der Waals surface area contributed by atoms with Gasteiger partial charge in [0, 0.05) is 31.4 Å². The second kappa shape index (κ2) is 7.95. The molecule has 0 unspecified atom stereocenters. The van der Waals surface area contributed by atoms with E-state index in [1.54, 1.807) is 23.0 Å². The second-order valence-corrected chi connectivity index (χ2v) is 4.37. The van der Waals surface area contributed by atoms with Crippen molar-refractivity contribution in [2.24, 2.45) is 0 Å². The molecule has 8 nitrogen and oxygen atoms in total. The number of hydrogen-bond acceptors (Lipinski definition) is 6. The highest BCUT2D eigenvalue weighted by Crippen LogP contribution is 2.16. The minimum absolute atomic E-state index is 0.0635. The largest absolute Gasteiger partial charge is 0.492 e. The molecule has 8 heteroatoms. The molecular weight excluding hydrogens is 274 g/mol. The molecule has 1 N–H and O–H groups in total. The van der Waals surface area contributed by atoms with Gasteiger partial charge >= 0.3 is 0 Å². The first kappa shape index (κ1) is 14.9. The van der Waals surface area contributed by atoms with Gasteiger partial charge in [-0.05, 0) is 25.1 Å². The highest BCUT2D eigenvalue weighted by Gasteiger charge is 2.03. The first-order valence-electron chi connectivity index (χ1n) is 6.68. The summed E-state index contributed by atoms with van der Waals surface area (Å²) in [4.78, 5) is 10.1. The number of rotatable bonds is 9. The quantitative estimate of drug-likeness (QED) is 0.424. The van der Waals surface area contributed by atoms with E-state index in [-0.39, 0.29) is 5.69 Å². The number of nitro groups is 1. The smallest absolute Gasteiger partial charge is 0.269 e. The summed E-state index contributed by atoms with van der Waals surface area (Å²) in [5, 5.41) is 21.4. The molecule has 0 atom stereocenters. The molecule has 1 aromatic carbocycles. The summed E-state index contributed by atoms with van der Waals surface area (Å²) in [5.74, 6) is 0.630. The van der Waals surface area contributed by atoms with Crippen LogP contribution in [-0.4, -0.2) is 39.6 Å². The minimum Gasteiger partial charge on any atom is -0.492 e. The Hall–Kier alpha value is -2.48. The van der Waals surface area contributed by atoms with Gasteiger partial charge in [0.1, 0.15) is 12.4 Å². The average Bonchev–Trinajstić information content (AvgIpc) is 3.00. The molecule has 0 aliphatic rings. The number of ether oxygens (including phenoxy) is 1. The molecule has 0 fully saturated rings. The van der Waals surface area contributed by atoms with Crippen LogP contribution in [0.15, 0.2) is 36.7 Å². The van der Waals surface area contributed by atoms with Gasteiger partial charge < -0.3 is 10.1 Å². The number of nitrogens with one attached hydrogen (secondary N) is 1. The number of aryl methyl sites for hydroxylation is 1. The zero-order valence-electron chi connectivity index (χ0n) is 11.5. The molecular formula is C13H17N5O3. The fraction of sp³-hybridized carbons (Fsp3) is 0.385. The summed E-state index contributed by atoms with van der Waals surface area (Å²) in [6.07, 6.45) is 4.45. The lowest BCUT2D eigenvalue weighted by atomic mass is 10.3. The number of hydrogen-bond donors (Lipinski definition) is 1. The van der Waals surface area contributed by atoms with Crippen LogP contribution in [0.4, 0.5) is 5.69 Å². The Bertz CT molecular complexity index is 541. The van der Waals surface area contributed by atoms with Crippen LogP contribution in [0.1, 0.15) is 6.42 Å². The maximum Gasteiger partial charge on any atom is 0.269 e. The van der Waals surface area contributed by atoms with Crippen molar-refractivity contribution in [3.63, 3.8) is 0 Å². The molecule has 1 aromatic heterocycles. The predicted octanol–water partition coefficient (Wildman–Crippen LogP) is 1.24. The number of nitro benzene ring substituents is 1. The van der Waals surface area contributed by atoms with E-state index in [2.05, 4.69) is 15.6 Å². The lowest BCUT2D eigenvalue weighted by Gasteiger charge is -2.07. The van der Waals surface area contributed by atoms with Gasteiger partial charge in [-0.1, -0.05) is 5.21 Å². The van der Waals surface area contributed by atoms with E-state index >= 15 is 0 Å². The van der Waals surface area contributed by atoms with Crippen molar-refractivity contribution < 1.29 is 9.66 Å². The fourth-order valence-electron chi connectivity index (χ4n) is 1.75. The summed E-state index contributed by atoms with van der Waals surface area (Å²) in [6, 6.07) is 6.06. The highest BCUT2D eigenvalue weighted by atomic mass is 16.6. The molecule has 0 spiro atoms. The first-order valence-corrected chi connectivity index (χ1v) is 6.68. The number of aromatic nitrogens is 3. The minimum atomic E-state index is -0.430. The molecule has 0 aliphatic carbocycles. The fourth-order valence-corrected chi connectivity index (χ4v) is 1.75. The summed E-state index contributed by atoms with van der Waals surface area (Å²) >= 11 is 0. The van der Waals surface area contributed by atoms with Crippen LogP contribution in [0.5, 0.6) is 5.75 Å². The van der Waals surface area contributed by atoms with Gasteiger partial charge in [-0.3, -0.25) is 14.8 Å². The molecule has 112 valence electrons. The number of benzene rings is 1. The number of non-ortho nitro benzene ring substituents is 1. The molecule has 0 amide bonds.